The lowest BCUT2D eigenvalue weighted by Crippen LogP contribution is -2.43. The molecule has 1 aliphatic carbocycles. The number of nitrogens with zero attached hydrogens (tertiary/aromatic N) is 1. The molecule has 1 atom stereocenters. The monoisotopic (exact) mass is 391 g/mol. The Kier molecular flexibility index (Phi) is 3.14. The average Bonchev–Trinajstić information content (AvgIpc) is 2.46. The van der Waals surface area contributed by atoms with Crippen LogP contribution in [0.1, 0.15) is 17.0 Å². The molecule has 1 amide bonds. The number of carbonyl (C=O) groups excluding carboxylic acids is 1. The molecule has 3 nitrogen and oxygen atoms in total. The third kappa shape index (κ3) is 2.21. The van der Waals surface area contributed by atoms with Gasteiger partial charge in [0.1, 0.15) is 5.75 Å². The van der Waals surface area contributed by atoms with Crippen LogP contribution in [0.3, 0.4) is 0 Å². The summed E-state index contributed by atoms with van der Waals surface area (Å²) in [5, 5.41) is 0. The maximum absolute atomic E-state index is 12.3. The number of halogens is 1. The Hall–Kier alpha value is -1.56. The van der Waals surface area contributed by atoms with Gasteiger partial charge in [0, 0.05) is 16.0 Å². The van der Waals surface area contributed by atoms with Crippen LogP contribution in [0.2, 0.25) is 0 Å². The van der Waals surface area contributed by atoms with Gasteiger partial charge in [0.25, 0.3) is 5.91 Å². The fourth-order valence-corrected chi connectivity index (χ4v) is 3.60. The van der Waals surface area contributed by atoms with Gasteiger partial charge in [-0.15, -0.1) is 0 Å². The van der Waals surface area contributed by atoms with Crippen LogP contribution in [0.4, 0.5) is 5.69 Å². The van der Waals surface area contributed by atoms with E-state index in [-0.39, 0.29) is 12.5 Å². The number of hydrogen-bond donors (Lipinski definition) is 0. The van der Waals surface area contributed by atoms with Crippen molar-refractivity contribution in [3.63, 3.8) is 0 Å². The minimum atomic E-state index is 0.0499. The number of fused-ring (bicyclic) bond motifs is 2. The van der Waals surface area contributed by atoms with Crippen LogP contribution in [0.5, 0.6) is 5.75 Å². The number of hydrogen-bond acceptors (Lipinski definition) is 2. The maximum atomic E-state index is 12.3. The molecule has 1 unspecified atom stereocenters. The van der Waals surface area contributed by atoms with Gasteiger partial charge in [0.05, 0.1) is 5.69 Å². The summed E-state index contributed by atoms with van der Waals surface area (Å²) < 4.78 is 6.64. The van der Waals surface area contributed by atoms with E-state index < -0.39 is 0 Å². The molecule has 4 heteroatoms. The topological polar surface area (TPSA) is 29.5 Å². The highest BCUT2D eigenvalue weighted by Gasteiger charge is 2.32. The van der Waals surface area contributed by atoms with Crippen molar-refractivity contribution in [2.45, 2.75) is 12.3 Å². The first-order valence-corrected chi connectivity index (χ1v) is 8.11. The van der Waals surface area contributed by atoms with Crippen molar-refractivity contribution in [2.75, 3.05) is 18.1 Å². The normalized spacial score (nSPS) is 19.4. The van der Waals surface area contributed by atoms with E-state index in [2.05, 4.69) is 46.9 Å². The first-order chi connectivity index (χ1) is 10.2. The minimum absolute atomic E-state index is 0.0499. The number of rotatable bonds is 2. The Labute approximate surface area is 137 Å². The molecular formula is C17H14INO2. The van der Waals surface area contributed by atoms with Crippen molar-refractivity contribution in [3.8, 4) is 5.75 Å². The molecule has 0 fully saturated rings. The molecule has 1 aliphatic heterocycles. The van der Waals surface area contributed by atoms with E-state index >= 15 is 0 Å². The molecule has 2 aromatic rings. The Balaban J connectivity index is 1.64. The standard InChI is InChI=1S/C17H14INO2/c18-13-5-6-16-15(8-13)19(17(20)10-21-16)9-12-7-11-3-1-2-4-14(11)12/h1-6,8,12H,7,9-10H2. The van der Waals surface area contributed by atoms with Gasteiger partial charge in [0.2, 0.25) is 0 Å². The highest BCUT2D eigenvalue weighted by atomic mass is 127. The van der Waals surface area contributed by atoms with E-state index in [1.165, 1.54) is 11.1 Å². The molecule has 0 bridgehead atoms. The van der Waals surface area contributed by atoms with E-state index in [1.807, 2.05) is 23.1 Å². The molecule has 2 aliphatic rings. The Morgan fingerprint density at radius 2 is 2.10 bits per heavy atom. The number of amides is 1. The van der Waals surface area contributed by atoms with Gasteiger partial charge in [-0.25, -0.2) is 0 Å². The van der Waals surface area contributed by atoms with Gasteiger partial charge in [0.15, 0.2) is 6.61 Å². The zero-order valence-corrected chi connectivity index (χ0v) is 13.5. The lowest BCUT2D eigenvalue weighted by Gasteiger charge is -2.37. The van der Waals surface area contributed by atoms with Crippen molar-refractivity contribution < 1.29 is 9.53 Å². The predicted molar refractivity (Wildman–Crippen MR) is 89.9 cm³/mol. The Bertz CT molecular complexity index is 728. The second-order valence-corrected chi connectivity index (χ2v) is 6.75. The summed E-state index contributed by atoms with van der Waals surface area (Å²) in [4.78, 5) is 14.1. The van der Waals surface area contributed by atoms with Gasteiger partial charge < -0.3 is 9.64 Å². The maximum Gasteiger partial charge on any atom is 0.265 e. The summed E-state index contributed by atoms with van der Waals surface area (Å²) in [5.74, 6) is 1.30. The van der Waals surface area contributed by atoms with Crippen LogP contribution >= 0.6 is 22.6 Å². The van der Waals surface area contributed by atoms with Gasteiger partial charge in [-0.1, -0.05) is 24.3 Å². The molecule has 1 heterocycles. The molecule has 0 radical (unpaired) electrons. The molecule has 0 spiro atoms. The van der Waals surface area contributed by atoms with E-state index in [4.69, 9.17) is 4.74 Å². The molecule has 0 N–H and O–H groups in total. The summed E-state index contributed by atoms with van der Waals surface area (Å²) in [6.45, 7) is 0.883. The molecule has 4 rings (SSSR count). The van der Waals surface area contributed by atoms with Crippen molar-refractivity contribution in [3.05, 3.63) is 57.2 Å². The molecule has 0 saturated carbocycles. The molecule has 21 heavy (non-hydrogen) atoms. The Morgan fingerprint density at radius 3 is 2.95 bits per heavy atom. The summed E-state index contributed by atoms with van der Waals surface area (Å²) in [6, 6.07) is 14.5. The molecule has 2 aromatic carbocycles. The van der Waals surface area contributed by atoms with E-state index in [1.54, 1.807) is 0 Å². The first kappa shape index (κ1) is 13.1. The average molecular weight is 391 g/mol. The molecule has 0 saturated heterocycles. The van der Waals surface area contributed by atoms with Crippen LogP contribution in [-0.2, 0) is 11.2 Å². The second kappa shape index (κ2) is 5.02. The van der Waals surface area contributed by atoms with Crippen LogP contribution in [0.15, 0.2) is 42.5 Å². The Morgan fingerprint density at radius 1 is 1.24 bits per heavy atom. The summed E-state index contributed by atoms with van der Waals surface area (Å²) >= 11 is 2.27. The SMILES string of the molecule is O=C1COc2ccc(I)cc2N1CC1Cc2ccccc21. The third-order valence-corrected chi connectivity index (χ3v) is 4.90. The molecule has 106 valence electrons. The van der Waals surface area contributed by atoms with Gasteiger partial charge in [-0.2, -0.15) is 0 Å². The lowest BCUT2D eigenvalue weighted by molar-refractivity contribution is -0.121. The smallest absolute Gasteiger partial charge is 0.265 e. The van der Waals surface area contributed by atoms with Gasteiger partial charge in [-0.05, 0) is 58.3 Å². The van der Waals surface area contributed by atoms with Crippen LogP contribution in [0, 0.1) is 3.57 Å². The second-order valence-electron chi connectivity index (χ2n) is 5.50. The van der Waals surface area contributed by atoms with Gasteiger partial charge in [-0.3, -0.25) is 4.79 Å². The fraction of sp³-hybridized carbons (Fsp3) is 0.235. The molecular weight excluding hydrogens is 377 g/mol. The van der Waals surface area contributed by atoms with Crippen LogP contribution < -0.4 is 9.64 Å². The third-order valence-electron chi connectivity index (χ3n) is 4.23. The zero-order chi connectivity index (χ0) is 14.4. The fourth-order valence-electron chi connectivity index (χ4n) is 3.12. The summed E-state index contributed by atoms with van der Waals surface area (Å²) in [5.41, 5.74) is 3.69. The zero-order valence-electron chi connectivity index (χ0n) is 11.4. The lowest BCUT2D eigenvalue weighted by atomic mass is 9.77. The van der Waals surface area contributed by atoms with Crippen molar-refractivity contribution >= 4 is 34.2 Å². The molecule has 0 aromatic heterocycles. The summed E-state index contributed by atoms with van der Waals surface area (Å²) in [7, 11) is 0. The highest BCUT2D eigenvalue weighted by molar-refractivity contribution is 14.1. The van der Waals surface area contributed by atoms with Crippen LogP contribution in [-0.4, -0.2) is 19.1 Å². The number of carbonyl (C=O) groups is 1. The largest absolute Gasteiger partial charge is 0.482 e. The van der Waals surface area contributed by atoms with Crippen molar-refractivity contribution in [1.82, 2.24) is 0 Å². The summed E-state index contributed by atoms with van der Waals surface area (Å²) in [6.07, 6.45) is 1.06. The predicted octanol–water partition coefficient (Wildman–Crippen LogP) is 3.36. The van der Waals surface area contributed by atoms with E-state index in [0.717, 1.165) is 28.0 Å². The number of ether oxygens (including phenoxy) is 1. The first-order valence-electron chi connectivity index (χ1n) is 7.03. The van der Waals surface area contributed by atoms with E-state index in [9.17, 15) is 4.79 Å². The number of anilines is 1. The van der Waals surface area contributed by atoms with Gasteiger partial charge >= 0.3 is 0 Å². The highest BCUT2D eigenvalue weighted by Crippen LogP contribution is 2.39. The van der Waals surface area contributed by atoms with E-state index in [0.29, 0.717) is 5.92 Å². The van der Waals surface area contributed by atoms with Crippen LogP contribution in [0.25, 0.3) is 0 Å². The number of benzene rings is 2. The minimum Gasteiger partial charge on any atom is -0.482 e. The van der Waals surface area contributed by atoms with Crippen molar-refractivity contribution in [1.29, 1.82) is 0 Å². The quantitative estimate of drug-likeness (QED) is 0.735. The van der Waals surface area contributed by atoms with Crippen molar-refractivity contribution in [2.24, 2.45) is 0 Å².